The molecule has 12 nitrogen and oxygen atoms in total. The van der Waals surface area contributed by atoms with Crippen LogP contribution in [0.5, 0.6) is 0 Å². The van der Waals surface area contributed by atoms with Gasteiger partial charge in [-0.1, -0.05) is 11.6 Å². The Morgan fingerprint density at radius 2 is 1.97 bits per heavy atom. The fourth-order valence-electron chi connectivity index (χ4n) is 3.83. The van der Waals surface area contributed by atoms with Crippen molar-refractivity contribution in [2.24, 2.45) is 5.73 Å². The average molecular weight is 605 g/mol. The molecule has 2 fully saturated rings. The minimum atomic E-state index is -1.02. The van der Waals surface area contributed by atoms with Crippen molar-refractivity contribution in [1.29, 1.82) is 0 Å². The molecule has 1 aromatic heterocycles. The Bertz CT molecular complexity index is 1280. The lowest BCUT2D eigenvalue weighted by atomic mass is 10.2. The van der Waals surface area contributed by atoms with E-state index in [2.05, 4.69) is 0 Å². The Kier molecular flexibility index (Phi) is 10.2. The number of rotatable bonds is 8. The molecule has 0 saturated carbocycles. The molecule has 4 amide bonds. The number of amides is 4. The molecule has 1 aromatic carbocycles. The second-order valence-corrected chi connectivity index (χ2v) is 9.84. The molecule has 4 rings (SSSR count). The normalized spacial score (nSPS) is 16.9. The summed E-state index contributed by atoms with van der Waals surface area (Å²) in [5.41, 5.74) is 5.39. The second kappa shape index (κ2) is 13.2. The first kappa shape index (κ1) is 30.2. The number of anilines is 2. The van der Waals surface area contributed by atoms with E-state index in [0.717, 1.165) is 27.2 Å². The monoisotopic (exact) mass is 604 g/mol. The number of morpholine rings is 1. The molecule has 210 valence electrons. The van der Waals surface area contributed by atoms with Crippen LogP contribution in [0.1, 0.15) is 9.67 Å². The number of imide groups is 1. The molecule has 0 spiro atoms. The van der Waals surface area contributed by atoms with Crippen LogP contribution >= 0.6 is 35.3 Å². The summed E-state index contributed by atoms with van der Waals surface area (Å²) in [5, 5.41) is 0. The Hall–Kier alpha value is -3.30. The first-order valence-electron chi connectivity index (χ1n) is 11.3. The maximum Gasteiger partial charge on any atom is 0.414 e. The molecule has 0 radical (unpaired) electrons. The first-order chi connectivity index (χ1) is 18.2. The summed E-state index contributed by atoms with van der Waals surface area (Å²) >= 11 is 6.84. The highest BCUT2D eigenvalue weighted by atomic mass is 35.5. The fraction of sp³-hybridized carbons (Fsp3) is 0.348. The molecule has 2 aliphatic heterocycles. The lowest BCUT2D eigenvalue weighted by Crippen LogP contribution is -2.45. The van der Waals surface area contributed by atoms with E-state index in [4.69, 9.17) is 31.5 Å². The van der Waals surface area contributed by atoms with Crippen molar-refractivity contribution in [3.05, 3.63) is 45.4 Å². The van der Waals surface area contributed by atoms with Crippen LogP contribution in [-0.2, 0) is 28.6 Å². The minimum Gasteiger partial charge on any atom is -0.455 e. The fourth-order valence-corrected chi connectivity index (χ4v) is 4.82. The zero-order valence-corrected chi connectivity index (χ0v) is 22.6. The predicted molar refractivity (Wildman–Crippen MR) is 140 cm³/mol. The van der Waals surface area contributed by atoms with Gasteiger partial charge in [0, 0.05) is 12.2 Å². The summed E-state index contributed by atoms with van der Waals surface area (Å²) in [4.78, 5) is 65.2. The van der Waals surface area contributed by atoms with Gasteiger partial charge in [-0.25, -0.2) is 9.18 Å². The summed E-state index contributed by atoms with van der Waals surface area (Å²) in [7, 11) is 0. The lowest BCUT2D eigenvalue weighted by molar-refractivity contribution is -0.150. The highest BCUT2D eigenvalue weighted by Crippen LogP contribution is 2.30. The van der Waals surface area contributed by atoms with Gasteiger partial charge in [-0.05, 0) is 30.3 Å². The molecular formula is C23H23Cl2FN4O8S. The average Bonchev–Trinajstić information content (AvgIpc) is 3.50. The molecule has 0 bridgehead atoms. The molecule has 1 atom stereocenters. The van der Waals surface area contributed by atoms with Crippen LogP contribution in [0.2, 0.25) is 4.34 Å². The van der Waals surface area contributed by atoms with Gasteiger partial charge in [0.2, 0.25) is 0 Å². The summed E-state index contributed by atoms with van der Waals surface area (Å²) in [6, 6.07) is 6.86. The second-order valence-electron chi connectivity index (χ2n) is 8.13. The zero-order valence-electron chi connectivity index (χ0n) is 20.2. The van der Waals surface area contributed by atoms with Crippen LogP contribution in [0.15, 0.2) is 30.3 Å². The number of carbonyl (C=O) groups excluding carboxylic acids is 5. The van der Waals surface area contributed by atoms with E-state index in [1.165, 1.54) is 29.2 Å². The Morgan fingerprint density at radius 1 is 1.21 bits per heavy atom. The standard InChI is InChI=1S/C23H22ClFN4O8S.ClH/c24-18-4-3-17(38-18)22(33)29(20(31)12-36-21(32)8-26)10-14-9-28(23(34)37-14)16-2-1-13(7-15(16)25)27-5-6-35-11-19(27)30;/h1-4,7,14H,5-6,8-12,26H2;1H/t14-;/m1./s1. The van der Waals surface area contributed by atoms with Gasteiger partial charge in [-0.15, -0.1) is 23.7 Å². The van der Waals surface area contributed by atoms with Gasteiger partial charge < -0.3 is 24.8 Å². The number of benzene rings is 1. The van der Waals surface area contributed by atoms with Gasteiger partial charge in [0.1, 0.15) is 18.5 Å². The number of hydrogen-bond acceptors (Lipinski definition) is 10. The number of cyclic esters (lactones) is 1. The quantitative estimate of drug-likeness (QED) is 0.445. The van der Waals surface area contributed by atoms with Crippen molar-refractivity contribution in [2.75, 3.05) is 55.8 Å². The zero-order chi connectivity index (χ0) is 27.4. The number of carbonyl (C=O) groups is 5. The maximum absolute atomic E-state index is 15.0. The molecule has 0 unspecified atom stereocenters. The van der Waals surface area contributed by atoms with Crippen molar-refractivity contribution in [1.82, 2.24) is 4.90 Å². The van der Waals surface area contributed by atoms with Crippen molar-refractivity contribution in [2.45, 2.75) is 6.10 Å². The Morgan fingerprint density at radius 3 is 2.62 bits per heavy atom. The van der Waals surface area contributed by atoms with Gasteiger partial charge >= 0.3 is 12.1 Å². The third-order valence-electron chi connectivity index (χ3n) is 5.63. The summed E-state index contributed by atoms with van der Waals surface area (Å²) in [5.74, 6) is -3.55. The van der Waals surface area contributed by atoms with Crippen molar-refractivity contribution in [3.63, 3.8) is 0 Å². The smallest absolute Gasteiger partial charge is 0.414 e. The summed E-state index contributed by atoms with van der Waals surface area (Å²) in [6.07, 6.45) is -1.91. The van der Waals surface area contributed by atoms with Gasteiger partial charge in [0.15, 0.2) is 6.61 Å². The number of hydrogen-bond donors (Lipinski definition) is 1. The van der Waals surface area contributed by atoms with Crippen molar-refractivity contribution >= 4 is 76.5 Å². The van der Waals surface area contributed by atoms with Crippen LogP contribution in [0.4, 0.5) is 20.6 Å². The minimum absolute atomic E-state index is 0. The number of esters is 1. The van der Waals surface area contributed by atoms with Crippen LogP contribution < -0.4 is 15.5 Å². The molecule has 39 heavy (non-hydrogen) atoms. The van der Waals surface area contributed by atoms with E-state index in [9.17, 15) is 24.0 Å². The number of thiophene rings is 1. The van der Waals surface area contributed by atoms with E-state index in [1.54, 1.807) is 0 Å². The molecule has 2 aliphatic rings. The number of nitrogens with two attached hydrogens (primary N) is 1. The summed E-state index contributed by atoms with van der Waals surface area (Å²) in [6.45, 7) is -1.33. The summed E-state index contributed by atoms with van der Waals surface area (Å²) < 4.78 is 30.5. The third kappa shape index (κ3) is 7.02. The molecule has 2 aromatic rings. The van der Waals surface area contributed by atoms with Gasteiger partial charge in [0.05, 0.1) is 41.1 Å². The largest absolute Gasteiger partial charge is 0.455 e. The SMILES string of the molecule is Cl.NCC(=O)OCC(=O)N(C[C@H]1CN(c2ccc(N3CCOCC3=O)cc2F)C(=O)O1)C(=O)c1ccc(Cl)s1. The maximum atomic E-state index is 15.0. The first-order valence-corrected chi connectivity index (χ1v) is 12.5. The molecule has 0 aliphatic carbocycles. The Balaban J connectivity index is 0.00000420. The molecule has 2 N–H and O–H groups in total. The number of ether oxygens (including phenoxy) is 3. The van der Waals surface area contributed by atoms with E-state index >= 15 is 4.39 Å². The van der Waals surface area contributed by atoms with Crippen molar-refractivity contribution < 1.29 is 42.6 Å². The Labute approximate surface area is 236 Å². The highest BCUT2D eigenvalue weighted by molar-refractivity contribution is 7.18. The van der Waals surface area contributed by atoms with Crippen LogP contribution in [0.3, 0.4) is 0 Å². The van der Waals surface area contributed by atoms with Gasteiger partial charge in [-0.2, -0.15) is 0 Å². The third-order valence-corrected chi connectivity index (χ3v) is 6.85. The molecular weight excluding hydrogens is 582 g/mol. The topological polar surface area (TPSA) is 149 Å². The van der Waals surface area contributed by atoms with Crippen LogP contribution in [-0.4, -0.2) is 86.8 Å². The highest BCUT2D eigenvalue weighted by Gasteiger charge is 2.38. The van der Waals surface area contributed by atoms with Crippen LogP contribution in [0.25, 0.3) is 0 Å². The lowest BCUT2D eigenvalue weighted by Gasteiger charge is -2.27. The molecule has 16 heteroatoms. The van der Waals surface area contributed by atoms with Gasteiger partial charge in [0.25, 0.3) is 17.7 Å². The van der Waals surface area contributed by atoms with E-state index < -0.39 is 55.5 Å². The number of nitrogens with zero attached hydrogens (tertiary/aromatic N) is 3. The van der Waals surface area contributed by atoms with Gasteiger partial charge in [-0.3, -0.25) is 29.0 Å². The number of halogens is 3. The van der Waals surface area contributed by atoms with Crippen molar-refractivity contribution in [3.8, 4) is 0 Å². The molecule has 2 saturated heterocycles. The van der Waals surface area contributed by atoms with E-state index in [0.29, 0.717) is 16.6 Å². The van der Waals surface area contributed by atoms with E-state index in [1.807, 2.05) is 0 Å². The predicted octanol–water partition coefficient (Wildman–Crippen LogP) is 1.82. The molecule has 3 heterocycles. The van der Waals surface area contributed by atoms with Crippen LogP contribution in [0, 0.1) is 5.82 Å². The van der Waals surface area contributed by atoms with E-state index in [-0.39, 0.29) is 48.6 Å².